The maximum atomic E-state index is 13.7. The minimum atomic E-state index is -4.59. The first kappa shape index (κ1) is 25.0. The van der Waals surface area contributed by atoms with E-state index in [-0.39, 0.29) is 29.6 Å². The summed E-state index contributed by atoms with van der Waals surface area (Å²) >= 11 is 0. The fourth-order valence-corrected chi connectivity index (χ4v) is 4.12. The van der Waals surface area contributed by atoms with Gasteiger partial charge in [0.1, 0.15) is 6.10 Å². The second-order valence-electron chi connectivity index (χ2n) is 9.15. The highest BCUT2D eigenvalue weighted by atomic mass is 32.2. The molecule has 0 saturated carbocycles. The Balaban J connectivity index is 1.88. The quantitative estimate of drug-likeness (QED) is 0.682. The first-order valence-electron chi connectivity index (χ1n) is 10.3. The molecule has 2 amide bonds. The maximum absolute atomic E-state index is 13.7. The monoisotopic (exact) mass is 484 g/mol. The van der Waals surface area contributed by atoms with Gasteiger partial charge in [-0.3, -0.25) is 0 Å². The molecule has 0 unspecified atom stereocenters. The number of nitrogens with one attached hydrogen (secondary N) is 1. The van der Waals surface area contributed by atoms with Gasteiger partial charge < -0.3 is 15.0 Å². The summed E-state index contributed by atoms with van der Waals surface area (Å²) in [5.41, 5.74) is -0.936. The number of alkyl halides is 3. The lowest BCUT2D eigenvalue weighted by Crippen LogP contribution is -2.60. The summed E-state index contributed by atoms with van der Waals surface area (Å²) in [5.74, 6) is 0. The van der Waals surface area contributed by atoms with Crippen LogP contribution in [0.15, 0.2) is 53.4 Å². The fraction of sp³-hybridized carbons (Fsp3) is 0.435. The van der Waals surface area contributed by atoms with Crippen molar-refractivity contribution in [1.82, 2.24) is 10.2 Å². The minimum Gasteiger partial charge on any atom is -0.362 e. The first-order chi connectivity index (χ1) is 15.1. The standard InChI is InChI=1S/C23H27F3N2O4S/c1-22(2,3)27-21(29)28-13-16(14-28)32-20(15-9-11-17(12-10-15)33(4,30)31)18-7-5-6-8-19(18)23(24,25)26/h5-12,16,20H,13-14H2,1-4H3,(H,27,29)/t20-/m1/s1. The number of rotatable bonds is 5. The highest BCUT2D eigenvalue weighted by molar-refractivity contribution is 7.90. The highest BCUT2D eigenvalue weighted by Gasteiger charge is 2.39. The van der Waals surface area contributed by atoms with Crippen molar-refractivity contribution in [1.29, 1.82) is 0 Å². The number of hydrogen-bond acceptors (Lipinski definition) is 4. The molecule has 0 radical (unpaired) electrons. The molecule has 10 heteroatoms. The average molecular weight is 485 g/mol. The van der Waals surface area contributed by atoms with Crippen LogP contribution in [0, 0.1) is 0 Å². The second-order valence-corrected chi connectivity index (χ2v) is 11.2. The molecule has 1 atom stereocenters. The van der Waals surface area contributed by atoms with Crippen molar-refractivity contribution in [2.75, 3.05) is 19.3 Å². The Morgan fingerprint density at radius 3 is 2.15 bits per heavy atom. The van der Waals surface area contributed by atoms with Crippen molar-refractivity contribution in [2.45, 2.75) is 49.6 Å². The number of halogens is 3. The second kappa shape index (κ2) is 8.98. The largest absolute Gasteiger partial charge is 0.416 e. The SMILES string of the molecule is CC(C)(C)NC(=O)N1CC(O[C@H](c2ccc(S(C)(=O)=O)cc2)c2ccccc2C(F)(F)F)C1. The molecule has 2 aromatic rings. The molecular formula is C23H27F3N2O4S. The molecule has 0 aliphatic carbocycles. The zero-order valence-corrected chi connectivity index (χ0v) is 19.6. The van der Waals surface area contributed by atoms with Crippen LogP contribution in [0.3, 0.4) is 0 Å². The van der Waals surface area contributed by atoms with Gasteiger partial charge in [-0.25, -0.2) is 13.2 Å². The molecule has 1 aliphatic heterocycles. The number of sulfone groups is 1. The van der Waals surface area contributed by atoms with Crippen LogP contribution in [0.5, 0.6) is 0 Å². The predicted molar refractivity (Wildman–Crippen MR) is 118 cm³/mol. The van der Waals surface area contributed by atoms with Gasteiger partial charge in [-0.1, -0.05) is 30.3 Å². The Kier molecular flexibility index (Phi) is 6.82. The molecule has 0 spiro atoms. The van der Waals surface area contributed by atoms with Crippen LogP contribution in [-0.4, -0.2) is 50.3 Å². The van der Waals surface area contributed by atoms with E-state index >= 15 is 0 Å². The van der Waals surface area contributed by atoms with E-state index in [1.807, 2.05) is 20.8 Å². The van der Waals surface area contributed by atoms with Gasteiger partial charge in [0, 0.05) is 11.8 Å². The van der Waals surface area contributed by atoms with Crippen molar-refractivity contribution >= 4 is 15.9 Å². The van der Waals surface area contributed by atoms with E-state index in [0.717, 1.165) is 12.3 Å². The van der Waals surface area contributed by atoms with E-state index in [0.29, 0.717) is 5.56 Å². The third-order valence-electron chi connectivity index (χ3n) is 5.11. The molecule has 180 valence electrons. The highest BCUT2D eigenvalue weighted by Crippen LogP contribution is 2.39. The van der Waals surface area contributed by atoms with Gasteiger partial charge in [-0.15, -0.1) is 0 Å². The molecule has 1 aliphatic rings. The molecule has 1 heterocycles. The van der Waals surface area contributed by atoms with Gasteiger partial charge in [-0.2, -0.15) is 13.2 Å². The van der Waals surface area contributed by atoms with Gasteiger partial charge in [-0.05, 0) is 50.1 Å². The molecule has 1 saturated heterocycles. The number of hydrogen-bond donors (Lipinski definition) is 1. The Bertz CT molecular complexity index is 1100. The Hall–Kier alpha value is -2.59. The lowest BCUT2D eigenvalue weighted by molar-refractivity contribution is -0.140. The minimum absolute atomic E-state index is 0.0581. The number of likely N-dealkylation sites (tertiary alicyclic amines) is 1. The van der Waals surface area contributed by atoms with E-state index in [2.05, 4.69) is 5.32 Å². The Morgan fingerprint density at radius 1 is 1.06 bits per heavy atom. The van der Waals surface area contributed by atoms with Crippen molar-refractivity contribution in [3.8, 4) is 0 Å². The van der Waals surface area contributed by atoms with E-state index < -0.39 is 39.3 Å². The molecule has 33 heavy (non-hydrogen) atoms. The van der Waals surface area contributed by atoms with Crippen LogP contribution in [0.4, 0.5) is 18.0 Å². The maximum Gasteiger partial charge on any atom is 0.416 e. The number of amides is 2. The van der Waals surface area contributed by atoms with E-state index in [9.17, 15) is 26.4 Å². The lowest BCUT2D eigenvalue weighted by Gasteiger charge is -2.42. The van der Waals surface area contributed by atoms with Crippen LogP contribution in [0.2, 0.25) is 0 Å². The lowest BCUT2D eigenvalue weighted by atomic mass is 9.95. The molecular weight excluding hydrogens is 457 g/mol. The van der Waals surface area contributed by atoms with Crippen LogP contribution < -0.4 is 5.32 Å². The summed E-state index contributed by atoms with van der Waals surface area (Å²) in [6, 6.07) is 10.5. The zero-order valence-electron chi connectivity index (χ0n) is 18.8. The first-order valence-corrected chi connectivity index (χ1v) is 12.2. The number of nitrogens with zero attached hydrogens (tertiary/aromatic N) is 1. The molecule has 2 aromatic carbocycles. The number of carbonyl (C=O) groups excluding carboxylic acids is 1. The van der Waals surface area contributed by atoms with E-state index in [1.165, 1.54) is 47.4 Å². The van der Waals surface area contributed by atoms with Gasteiger partial charge in [0.25, 0.3) is 0 Å². The van der Waals surface area contributed by atoms with Crippen molar-refractivity contribution < 1.29 is 31.1 Å². The molecule has 0 bridgehead atoms. The van der Waals surface area contributed by atoms with Crippen LogP contribution >= 0.6 is 0 Å². The molecule has 1 N–H and O–H groups in total. The topological polar surface area (TPSA) is 75.7 Å². The fourth-order valence-electron chi connectivity index (χ4n) is 3.49. The van der Waals surface area contributed by atoms with E-state index in [1.54, 1.807) is 0 Å². The zero-order chi connectivity index (χ0) is 24.6. The van der Waals surface area contributed by atoms with Crippen LogP contribution in [0.1, 0.15) is 43.6 Å². The summed E-state index contributed by atoms with van der Waals surface area (Å²) < 4.78 is 70.7. The van der Waals surface area contributed by atoms with Crippen LogP contribution in [0.25, 0.3) is 0 Å². The van der Waals surface area contributed by atoms with E-state index in [4.69, 9.17) is 4.74 Å². The van der Waals surface area contributed by atoms with Gasteiger partial charge >= 0.3 is 12.2 Å². The van der Waals surface area contributed by atoms with Gasteiger partial charge in [0.2, 0.25) is 0 Å². The Labute approximate surface area is 191 Å². The molecule has 3 rings (SSSR count). The molecule has 6 nitrogen and oxygen atoms in total. The van der Waals surface area contributed by atoms with Crippen molar-refractivity contribution in [3.63, 3.8) is 0 Å². The predicted octanol–water partition coefficient (Wildman–Crippen LogP) is 4.41. The third kappa shape index (κ3) is 6.26. The third-order valence-corrected chi connectivity index (χ3v) is 6.23. The van der Waals surface area contributed by atoms with Crippen molar-refractivity contribution in [3.05, 3.63) is 65.2 Å². The molecule has 0 aromatic heterocycles. The normalized spacial score (nSPS) is 16.3. The summed E-state index contributed by atoms with van der Waals surface area (Å²) in [6.07, 6.45) is -5.10. The number of ether oxygens (including phenoxy) is 1. The number of carbonyl (C=O) groups is 1. The van der Waals surface area contributed by atoms with Gasteiger partial charge in [0.05, 0.1) is 29.7 Å². The summed E-state index contributed by atoms with van der Waals surface area (Å²) in [7, 11) is -3.46. The Morgan fingerprint density at radius 2 is 1.64 bits per heavy atom. The van der Waals surface area contributed by atoms with Crippen LogP contribution in [-0.2, 0) is 20.8 Å². The number of benzene rings is 2. The average Bonchev–Trinajstić information content (AvgIpc) is 2.64. The summed E-state index contributed by atoms with van der Waals surface area (Å²) in [6.45, 7) is 6.01. The summed E-state index contributed by atoms with van der Waals surface area (Å²) in [4.78, 5) is 13.9. The smallest absolute Gasteiger partial charge is 0.362 e. The molecule has 1 fully saturated rings. The van der Waals surface area contributed by atoms with Gasteiger partial charge in [0.15, 0.2) is 9.84 Å². The summed E-state index contributed by atoms with van der Waals surface area (Å²) in [5, 5.41) is 2.83. The van der Waals surface area contributed by atoms with Crippen molar-refractivity contribution in [2.24, 2.45) is 0 Å². The number of urea groups is 1.